The van der Waals surface area contributed by atoms with Crippen molar-refractivity contribution in [1.29, 1.82) is 0 Å². The smallest absolute Gasteiger partial charge is 0.0700 e. The zero-order chi connectivity index (χ0) is 11.0. The minimum atomic E-state index is 0.753. The van der Waals surface area contributed by atoms with Crippen LogP contribution in [0.3, 0.4) is 0 Å². The maximum absolute atomic E-state index is 4.48. The van der Waals surface area contributed by atoms with Crippen LogP contribution in [-0.4, -0.2) is 41.3 Å². The maximum Gasteiger partial charge on any atom is 0.0700 e. The number of aryl methyl sites for hydroxylation is 1. The van der Waals surface area contributed by atoms with E-state index in [2.05, 4.69) is 27.3 Å². The van der Waals surface area contributed by atoms with Crippen molar-refractivity contribution in [3.05, 3.63) is 17.0 Å². The van der Waals surface area contributed by atoms with Crippen LogP contribution in [0.5, 0.6) is 0 Å². The van der Waals surface area contributed by atoms with Gasteiger partial charge < -0.3 is 5.32 Å². The number of nitrogens with zero attached hydrogens (tertiary/aromatic N) is 2. The minimum absolute atomic E-state index is 0.753. The Labute approximate surface area is 96.4 Å². The van der Waals surface area contributed by atoms with Crippen molar-refractivity contribution in [3.8, 4) is 0 Å². The predicted octanol–water partition coefficient (Wildman–Crippen LogP) is 1.00. The van der Waals surface area contributed by atoms with E-state index < -0.39 is 0 Å². The van der Waals surface area contributed by atoms with Crippen molar-refractivity contribution < 1.29 is 0 Å². The molecule has 4 nitrogen and oxygen atoms in total. The number of nitrogens with one attached hydrogen (secondary N) is 2. The molecular weight excluding hydrogens is 200 g/mol. The first-order valence-corrected chi connectivity index (χ1v) is 6.31. The van der Waals surface area contributed by atoms with E-state index in [0.29, 0.717) is 0 Å². The molecule has 0 bridgehead atoms. The summed E-state index contributed by atoms with van der Waals surface area (Å²) in [7, 11) is 0. The number of rotatable bonds is 3. The molecule has 1 aliphatic carbocycles. The molecule has 1 saturated heterocycles. The monoisotopic (exact) mass is 220 g/mol. The van der Waals surface area contributed by atoms with Gasteiger partial charge in [0.15, 0.2) is 0 Å². The molecular formula is C12H20N4. The van der Waals surface area contributed by atoms with Gasteiger partial charge in [0, 0.05) is 49.9 Å². The quantitative estimate of drug-likeness (QED) is 0.798. The number of aromatic amines is 1. The summed E-state index contributed by atoms with van der Waals surface area (Å²) in [5, 5.41) is 11.0. The molecule has 0 atom stereocenters. The van der Waals surface area contributed by atoms with Crippen LogP contribution in [0.15, 0.2) is 0 Å². The minimum Gasteiger partial charge on any atom is -0.314 e. The van der Waals surface area contributed by atoms with Gasteiger partial charge in [-0.1, -0.05) is 0 Å². The lowest BCUT2D eigenvalue weighted by atomic mass is 10.1. The van der Waals surface area contributed by atoms with Crippen LogP contribution in [0.1, 0.15) is 35.7 Å². The zero-order valence-corrected chi connectivity index (χ0v) is 9.92. The van der Waals surface area contributed by atoms with E-state index in [4.69, 9.17) is 0 Å². The Morgan fingerprint density at radius 3 is 2.75 bits per heavy atom. The van der Waals surface area contributed by atoms with Gasteiger partial charge >= 0.3 is 0 Å². The maximum atomic E-state index is 4.48. The Morgan fingerprint density at radius 1 is 1.31 bits per heavy atom. The Balaban J connectivity index is 1.74. The number of piperazine rings is 1. The van der Waals surface area contributed by atoms with E-state index in [9.17, 15) is 0 Å². The number of hydrogen-bond donors (Lipinski definition) is 2. The molecule has 4 heteroatoms. The number of hydrogen-bond acceptors (Lipinski definition) is 3. The van der Waals surface area contributed by atoms with Gasteiger partial charge in [-0.25, -0.2) is 0 Å². The third kappa shape index (κ3) is 1.99. The Bertz CT molecular complexity index is 361. The lowest BCUT2D eigenvalue weighted by molar-refractivity contribution is 0.232. The molecule has 0 amide bonds. The molecule has 0 spiro atoms. The third-order valence-corrected chi connectivity index (χ3v) is 3.66. The molecule has 2 aliphatic rings. The molecule has 1 saturated carbocycles. The van der Waals surface area contributed by atoms with E-state index in [0.717, 1.165) is 38.6 Å². The first kappa shape index (κ1) is 10.3. The molecule has 88 valence electrons. The van der Waals surface area contributed by atoms with Crippen LogP contribution >= 0.6 is 0 Å². The molecule has 1 aliphatic heterocycles. The molecule has 1 aromatic heterocycles. The van der Waals surface area contributed by atoms with Crippen LogP contribution in [0.4, 0.5) is 0 Å². The largest absolute Gasteiger partial charge is 0.314 e. The van der Waals surface area contributed by atoms with Gasteiger partial charge in [0.1, 0.15) is 0 Å². The van der Waals surface area contributed by atoms with E-state index >= 15 is 0 Å². The summed E-state index contributed by atoms with van der Waals surface area (Å²) in [5.74, 6) is 0.753. The average molecular weight is 220 g/mol. The highest BCUT2D eigenvalue weighted by Crippen LogP contribution is 2.41. The van der Waals surface area contributed by atoms with E-state index in [-0.39, 0.29) is 0 Å². The molecule has 0 radical (unpaired) electrons. The van der Waals surface area contributed by atoms with Gasteiger partial charge in [0.05, 0.1) is 5.69 Å². The van der Waals surface area contributed by atoms with Crippen LogP contribution in [0.25, 0.3) is 0 Å². The highest BCUT2D eigenvalue weighted by atomic mass is 15.2. The van der Waals surface area contributed by atoms with Gasteiger partial charge in [0.25, 0.3) is 0 Å². The van der Waals surface area contributed by atoms with Gasteiger partial charge in [-0.3, -0.25) is 10.00 Å². The summed E-state index contributed by atoms with van der Waals surface area (Å²) in [6, 6.07) is 0. The second-order valence-electron chi connectivity index (χ2n) is 5.01. The Kier molecular flexibility index (Phi) is 2.69. The molecule has 1 aromatic rings. The first-order valence-electron chi connectivity index (χ1n) is 6.31. The van der Waals surface area contributed by atoms with Crippen molar-refractivity contribution in [2.24, 2.45) is 0 Å². The van der Waals surface area contributed by atoms with Crippen molar-refractivity contribution >= 4 is 0 Å². The third-order valence-electron chi connectivity index (χ3n) is 3.66. The summed E-state index contributed by atoms with van der Waals surface area (Å²) in [5.41, 5.74) is 4.07. The first-order chi connectivity index (χ1) is 7.84. The fraction of sp³-hybridized carbons (Fsp3) is 0.750. The molecule has 2 heterocycles. The summed E-state index contributed by atoms with van der Waals surface area (Å²) in [4.78, 5) is 2.53. The van der Waals surface area contributed by atoms with Crippen LogP contribution in [-0.2, 0) is 6.54 Å². The summed E-state index contributed by atoms with van der Waals surface area (Å²) < 4.78 is 0. The van der Waals surface area contributed by atoms with Gasteiger partial charge in [-0.15, -0.1) is 0 Å². The zero-order valence-electron chi connectivity index (χ0n) is 9.92. The van der Waals surface area contributed by atoms with Crippen LogP contribution in [0.2, 0.25) is 0 Å². The summed E-state index contributed by atoms with van der Waals surface area (Å²) in [6.07, 6.45) is 2.66. The van der Waals surface area contributed by atoms with Gasteiger partial charge in [-0.2, -0.15) is 5.10 Å². The van der Waals surface area contributed by atoms with Crippen LogP contribution in [0, 0.1) is 6.92 Å². The molecule has 2 fully saturated rings. The predicted molar refractivity (Wildman–Crippen MR) is 63.4 cm³/mol. The van der Waals surface area contributed by atoms with E-state index in [1.54, 1.807) is 0 Å². The standard InChI is InChI=1S/C12H20N4/c1-9-11(8-16-6-4-13-5-7-16)12(15-14-9)10-2-3-10/h10,13H,2-8H2,1H3,(H,14,15). The lowest BCUT2D eigenvalue weighted by Gasteiger charge is -2.27. The molecule has 2 N–H and O–H groups in total. The topological polar surface area (TPSA) is 44.0 Å². The van der Waals surface area contributed by atoms with Crippen molar-refractivity contribution in [1.82, 2.24) is 20.4 Å². The Hall–Kier alpha value is -0.870. The fourth-order valence-corrected chi connectivity index (χ4v) is 2.46. The lowest BCUT2D eigenvalue weighted by Crippen LogP contribution is -2.43. The molecule has 3 rings (SSSR count). The van der Waals surface area contributed by atoms with E-state index in [1.165, 1.54) is 29.8 Å². The van der Waals surface area contributed by atoms with Crippen molar-refractivity contribution in [3.63, 3.8) is 0 Å². The highest BCUT2D eigenvalue weighted by Gasteiger charge is 2.30. The van der Waals surface area contributed by atoms with Crippen molar-refractivity contribution in [2.45, 2.75) is 32.2 Å². The normalized spacial score (nSPS) is 22.6. The van der Waals surface area contributed by atoms with Gasteiger partial charge in [-0.05, 0) is 19.8 Å². The van der Waals surface area contributed by atoms with E-state index in [1.807, 2.05) is 0 Å². The second-order valence-corrected chi connectivity index (χ2v) is 5.01. The molecule has 0 unspecified atom stereocenters. The summed E-state index contributed by atoms with van der Waals surface area (Å²) >= 11 is 0. The second kappa shape index (κ2) is 4.18. The fourth-order valence-electron chi connectivity index (χ4n) is 2.46. The molecule has 0 aromatic carbocycles. The highest BCUT2D eigenvalue weighted by molar-refractivity contribution is 5.30. The SMILES string of the molecule is Cc1[nH]nc(C2CC2)c1CN1CCNCC1. The molecule has 16 heavy (non-hydrogen) atoms. The van der Waals surface area contributed by atoms with Gasteiger partial charge in [0.2, 0.25) is 0 Å². The van der Waals surface area contributed by atoms with Crippen molar-refractivity contribution in [2.75, 3.05) is 26.2 Å². The summed E-state index contributed by atoms with van der Waals surface area (Å²) in [6.45, 7) is 7.79. The Morgan fingerprint density at radius 2 is 2.06 bits per heavy atom. The average Bonchev–Trinajstić information content (AvgIpc) is 3.08. The number of aromatic nitrogens is 2. The van der Waals surface area contributed by atoms with Crippen LogP contribution < -0.4 is 5.32 Å². The number of H-pyrrole nitrogens is 1.